The molecule has 0 amide bonds. The van der Waals surface area contributed by atoms with Crippen LogP contribution in [0.1, 0.15) is 11.7 Å². The van der Waals surface area contributed by atoms with Crippen molar-refractivity contribution in [2.45, 2.75) is 12.7 Å². The minimum atomic E-state index is -0.0262. The van der Waals surface area contributed by atoms with Gasteiger partial charge in [-0.1, -0.05) is 30.3 Å². The summed E-state index contributed by atoms with van der Waals surface area (Å²) in [7, 11) is 0. The molecule has 2 aromatic heterocycles. The zero-order valence-corrected chi connectivity index (χ0v) is 12.8. The molecule has 3 aromatic rings. The second kappa shape index (κ2) is 7.77. The predicted octanol–water partition coefficient (Wildman–Crippen LogP) is 0.697. The van der Waals surface area contributed by atoms with E-state index in [-0.39, 0.29) is 12.8 Å². The van der Waals surface area contributed by atoms with Crippen LogP contribution >= 0.6 is 0 Å². The molecule has 0 aliphatic heterocycles. The number of imidazole rings is 1. The summed E-state index contributed by atoms with van der Waals surface area (Å²) in [5.41, 5.74) is 2.76. The van der Waals surface area contributed by atoms with Gasteiger partial charge in [-0.2, -0.15) is 0 Å². The number of nitrogens with zero attached hydrogens (tertiary/aromatic N) is 4. The lowest BCUT2D eigenvalue weighted by Crippen LogP contribution is -2.36. The molecular weight excluding hydrogens is 292 g/mol. The Kier molecular flexibility index (Phi) is 5.25. The number of aromatic nitrogens is 4. The third kappa shape index (κ3) is 3.89. The summed E-state index contributed by atoms with van der Waals surface area (Å²) in [6, 6.07) is 10.2. The van der Waals surface area contributed by atoms with Gasteiger partial charge in [0.05, 0.1) is 25.3 Å². The van der Waals surface area contributed by atoms with Gasteiger partial charge in [0.25, 0.3) is 0 Å². The first kappa shape index (κ1) is 15.5. The quantitative estimate of drug-likeness (QED) is 0.531. The molecule has 0 radical (unpaired) electrons. The molecule has 1 unspecified atom stereocenters. The van der Waals surface area contributed by atoms with Crippen molar-refractivity contribution in [3.63, 3.8) is 0 Å². The average molecular weight is 312 g/mol. The van der Waals surface area contributed by atoms with E-state index in [0.717, 1.165) is 17.7 Å². The maximum Gasteiger partial charge on any atom is 0.164 e. The summed E-state index contributed by atoms with van der Waals surface area (Å²) < 4.78 is 1.99. The SMILES string of the molecule is OCCNCC(NCc1ccccc1)n1cnc2cncnc21. The summed E-state index contributed by atoms with van der Waals surface area (Å²) in [4.78, 5) is 12.7. The summed E-state index contributed by atoms with van der Waals surface area (Å²) in [5.74, 6) is 0. The van der Waals surface area contributed by atoms with Crippen molar-refractivity contribution in [3.05, 3.63) is 54.7 Å². The van der Waals surface area contributed by atoms with Crippen molar-refractivity contribution in [1.29, 1.82) is 0 Å². The molecule has 0 fully saturated rings. The topological polar surface area (TPSA) is 87.9 Å². The molecule has 23 heavy (non-hydrogen) atoms. The molecule has 0 spiro atoms. The Morgan fingerprint density at radius 1 is 1.17 bits per heavy atom. The Labute approximate surface area is 134 Å². The monoisotopic (exact) mass is 312 g/mol. The lowest BCUT2D eigenvalue weighted by atomic mass is 10.2. The zero-order valence-electron chi connectivity index (χ0n) is 12.8. The van der Waals surface area contributed by atoms with Gasteiger partial charge >= 0.3 is 0 Å². The molecule has 3 N–H and O–H groups in total. The highest BCUT2D eigenvalue weighted by Gasteiger charge is 2.14. The van der Waals surface area contributed by atoms with Crippen LogP contribution in [0.2, 0.25) is 0 Å². The van der Waals surface area contributed by atoms with Gasteiger partial charge in [-0.3, -0.25) is 9.88 Å². The smallest absolute Gasteiger partial charge is 0.164 e. The van der Waals surface area contributed by atoms with Gasteiger partial charge in [0.15, 0.2) is 5.65 Å². The summed E-state index contributed by atoms with van der Waals surface area (Å²) >= 11 is 0. The lowest BCUT2D eigenvalue weighted by molar-refractivity contribution is 0.283. The third-order valence-electron chi connectivity index (χ3n) is 3.59. The van der Waals surface area contributed by atoms with Gasteiger partial charge in [-0.25, -0.2) is 15.0 Å². The Hall–Kier alpha value is -2.35. The molecule has 2 heterocycles. The average Bonchev–Trinajstić information content (AvgIpc) is 3.03. The first-order valence-corrected chi connectivity index (χ1v) is 7.60. The molecule has 0 saturated heterocycles. The molecule has 0 bridgehead atoms. The first-order valence-electron chi connectivity index (χ1n) is 7.60. The van der Waals surface area contributed by atoms with Gasteiger partial charge in [-0.05, 0) is 5.56 Å². The Morgan fingerprint density at radius 2 is 2.04 bits per heavy atom. The number of fused-ring (bicyclic) bond motifs is 1. The number of hydrogen-bond donors (Lipinski definition) is 3. The van der Waals surface area contributed by atoms with Crippen LogP contribution in [-0.4, -0.2) is 44.3 Å². The van der Waals surface area contributed by atoms with E-state index in [9.17, 15) is 0 Å². The highest BCUT2D eigenvalue weighted by atomic mass is 16.3. The normalized spacial score (nSPS) is 12.6. The van der Waals surface area contributed by atoms with E-state index < -0.39 is 0 Å². The van der Waals surface area contributed by atoms with E-state index >= 15 is 0 Å². The highest BCUT2D eigenvalue weighted by Crippen LogP contribution is 2.13. The number of rotatable bonds is 8. The zero-order chi connectivity index (χ0) is 15.9. The molecule has 0 aliphatic rings. The fourth-order valence-electron chi connectivity index (χ4n) is 2.43. The Morgan fingerprint density at radius 3 is 2.87 bits per heavy atom. The van der Waals surface area contributed by atoms with Gasteiger partial charge in [-0.15, -0.1) is 0 Å². The van der Waals surface area contributed by atoms with Crippen LogP contribution in [0.4, 0.5) is 0 Å². The molecule has 0 aliphatic carbocycles. The molecule has 1 atom stereocenters. The van der Waals surface area contributed by atoms with Gasteiger partial charge < -0.3 is 10.4 Å². The van der Waals surface area contributed by atoms with Gasteiger partial charge in [0.1, 0.15) is 11.8 Å². The van der Waals surface area contributed by atoms with Crippen molar-refractivity contribution in [2.75, 3.05) is 19.7 Å². The fourth-order valence-corrected chi connectivity index (χ4v) is 2.43. The predicted molar refractivity (Wildman–Crippen MR) is 87.6 cm³/mol. The van der Waals surface area contributed by atoms with Gasteiger partial charge in [0.2, 0.25) is 0 Å². The Balaban J connectivity index is 1.77. The number of nitrogens with one attached hydrogen (secondary N) is 2. The molecule has 120 valence electrons. The van der Waals surface area contributed by atoms with E-state index in [2.05, 4.69) is 37.7 Å². The highest BCUT2D eigenvalue weighted by molar-refractivity contribution is 5.68. The first-order chi connectivity index (χ1) is 11.4. The number of hydrogen-bond acceptors (Lipinski definition) is 6. The summed E-state index contributed by atoms with van der Waals surface area (Å²) in [6.45, 7) is 2.04. The van der Waals surface area contributed by atoms with E-state index in [4.69, 9.17) is 5.11 Å². The van der Waals surface area contributed by atoms with Crippen LogP contribution in [0.25, 0.3) is 11.2 Å². The maximum absolute atomic E-state index is 8.97. The molecule has 1 aromatic carbocycles. The molecule has 0 saturated carbocycles. The molecule has 7 heteroatoms. The lowest BCUT2D eigenvalue weighted by Gasteiger charge is -2.21. The summed E-state index contributed by atoms with van der Waals surface area (Å²) in [6.07, 6.45) is 4.97. The third-order valence-corrected chi connectivity index (χ3v) is 3.59. The largest absolute Gasteiger partial charge is 0.395 e. The van der Waals surface area contributed by atoms with Crippen LogP contribution in [0, 0.1) is 0 Å². The van der Waals surface area contributed by atoms with E-state index in [1.807, 2.05) is 22.8 Å². The van der Waals surface area contributed by atoms with Crippen molar-refractivity contribution >= 4 is 11.2 Å². The van der Waals surface area contributed by atoms with Crippen molar-refractivity contribution in [2.24, 2.45) is 0 Å². The fraction of sp³-hybridized carbons (Fsp3) is 0.312. The van der Waals surface area contributed by atoms with E-state index in [1.54, 1.807) is 12.5 Å². The standard InChI is InChI=1S/C16H20N6O/c23-7-6-17-10-15(19-8-13-4-2-1-3-5-13)22-12-21-14-9-18-11-20-16(14)22/h1-5,9,11-12,15,17,19,23H,6-8,10H2. The van der Waals surface area contributed by atoms with Crippen molar-refractivity contribution in [3.8, 4) is 0 Å². The van der Waals surface area contributed by atoms with Crippen LogP contribution in [-0.2, 0) is 6.54 Å². The number of benzene rings is 1. The molecular formula is C16H20N6O. The van der Waals surface area contributed by atoms with Crippen LogP contribution < -0.4 is 10.6 Å². The minimum absolute atomic E-state index is 0.0262. The Bertz CT molecular complexity index is 730. The van der Waals surface area contributed by atoms with E-state index in [0.29, 0.717) is 13.1 Å². The van der Waals surface area contributed by atoms with Crippen LogP contribution in [0.15, 0.2) is 49.2 Å². The van der Waals surface area contributed by atoms with Crippen LogP contribution in [0.5, 0.6) is 0 Å². The number of aliphatic hydroxyl groups is 1. The van der Waals surface area contributed by atoms with E-state index in [1.165, 1.54) is 11.9 Å². The molecule has 3 rings (SSSR count). The minimum Gasteiger partial charge on any atom is -0.395 e. The van der Waals surface area contributed by atoms with Crippen molar-refractivity contribution < 1.29 is 5.11 Å². The number of aliphatic hydroxyl groups excluding tert-OH is 1. The van der Waals surface area contributed by atoms with Crippen LogP contribution in [0.3, 0.4) is 0 Å². The maximum atomic E-state index is 8.97. The second-order valence-electron chi connectivity index (χ2n) is 5.19. The van der Waals surface area contributed by atoms with Crippen molar-refractivity contribution in [1.82, 2.24) is 30.2 Å². The van der Waals surface area contributed by atoms with Gasteiger partial charge in [0, 0.05) is 19.6 Å². The molecule has 7 nitrogen and oxygen atoms in total. The summed E-state index contributed by atoms with van der Waals surface area (Å²) in [5, 5.41) is 15.7. The second-order valence-corrected chi connectivity index (χ2v) is 5.19.